The fourth-order valence-electron chi connectivity index (χ4n) is 2.33. The highest BCUT2D eigenvalue weighted by molar-refractivity contribution is 9.10. The van der Waals surface area contributed by atoms with Gasteiger partial charge < -0.3 is 15.4 Å². The lowest BCUT2D eigenvalue weighted by Crippen LogP contribution is -2.40. The number of hydrogen-bond donors (Lipinski definition) is 2. The van der Waals surface area contributed by atoms with Gasteiger partial charge in [0.15, 0.2) is 6.10 Å². The molecule has 0 fully saturated rings. The van der Waals surface area contributed by atoms with Gasteiger partial charge in [-0.2, -0.15) is 0 Å². The number of ether oxygens (including phenoxy) is 1. The second-order valence-corrected chi connectivity index (χ2v) is 6.54. The lowest BCUT2D eigenvalue weighted by Gasteiger charge is -2.22. The van der Waals surface area contributed by atoms with Crippen molar-refractivity contribution in [2.45, 2.75) is 25.5 Å². The second-order valence-electron chi connectivity index (χ2n) is 5.68. The first-order valence-electron chi connectivity index (χ1n) is 8.08. The summed E-state index contributed by atoms with van der Waals surface area (Å²) in [4.78, 5) is 24.3. The van der Waals surface area contributed by atoms with Gasteiger partial charge in [0.25, 0.3) is 5.91 Å². The van der Waals surface area contributed by atoms with E-state index in [2.05, 4.69) is 26.6 Å². The van der Waals surface area contributed by atoms with Gasteiger partial charge >= 0.3 is 0 Å². The topological polar surface area (TPSA) is 67.4 Å². The number of halogens is 2. The van der Waals surface area contributed by atoms with E-state index >= 15 is 0 Å². The number of hydrogen-bond acceptors (Lipinski definition) is 3. The Morgan fingerprint density at radius 2 is 1.88 bits per heavy atom. The quantitative estimate of drug-likeness (QED) is 0.718. The van der Waals surface area contributed by atoms with Crippen molar-refractivity contribution in [3.63, 3.8) is 0 Å². The van der Waals surface area contributed by atoms with Crippen molar-refractivity contribution in [3.8, 4) is 5.75 Å². The second kappa shape index (κ2) is 9.33. The van der Waals surface area contributed by atoms with Crippen LogP contribution in [0.25, 0.3) is 0 Å². The summed E-state index contributed by atoms with van der Waals surface area (Å²) in [5.41, 5.74) is 0.819. The van der Waals surface area contributed by atoms with E-state index in [4.69, 9.17) is 4.74 Å². The van der Waals surface area contributed by atoms with E-state index in [-0.39, 0.29) is 18.2 Å². The molecule has 0 aliphatic rings. The van der Waals surface area contributed by atoms with E-state index in [9.17, 15) is 14.0 Å². The highest BCUT2D eigenvalue weighted by Gasteiger charge is 2.22. The molecule has 2 unspecified atom stereocenters. The number of benzene rings is 2. The van der Waals surface area contributed by atoms with Crippen molar-refractivity contribution in [1.82, 2.24) is 10.6 Å². The van der Waals surface area contributed by atoms with Crippen LogP contribution in [0.15, 0.2) is 53.0 Å². The Balaban J connectivity index is 2.08. The normalized spacial score (nSPS) is 12.8. The third-order valence-corrected chi connectivity index (χ3v) is 4.37. The Morgan fingerprint density at radius 3 is 2.50 bits per heavy atom. The molecular formula is C19H20BrFN2O3. The fraction of sp³-hybridized carbons (Fsp3) is 0.263. The average Bonchev–Trinajstić information content (AvgIpc) is 2.63. The minimum absolute atomic E-state index is 0.110. The summed E-state index contributed by atoms with van der Waals surface area (Å²) >= 11 is 3.20. The number of rotatable bonds is 7. The molecule has 0 heterocycles. The summed E-state index contributed by atoms with van der Waals surface area (Å²) in [7, 11) is 1.55. The van der Waals surface area contributed by atoms with E-state index in [1.165, 1.54) is 18.2 Å². The fourth-order valence-corrected chi connectivity index (χ4v) is 2.77. The van der Waals surface area contributed by atoms with Crippen LogP contribution in [0.5, 0.6) is 5.75 Å². The highest BCUT2D eigenvalue weighted by atomic mass is 79.9. The molecular weight excluding hydrogens is 403 g/mol. The average molecular weight is 423 g/mol. The zero-order valence-corrected chi connectivity index (χ0v) is 16.0. The van der Waals surface area contributed by atoms with E-state index in [0.717, 1.165) is 5.56 Å². The van der Waals surface area contributed by atoms with Gasteiger partial charge in [0.05, 0.1) is 16.9 Å². The zero-order valence-electron chi connectivity index (χ0n) is 14.5. The molecule has 0 radical (unpaired) electrons. The van der Waals surface area contributed by atoms with Crippen LogP contribution >= 0.6 is 15.9 Å². The van der Waals surface area contributed by atoms with Gasteiger partial charge in [-0.25, -0.2) is 4.39 Å². The van der Waals surface area contributed by atoms with Crippen LogP contribution < -0.4 is 15.4 Å². The molecule has 7 heteroatoms. The van der Waals surface area contributed by atoms with Crippen molar-refractivity contribution >= 4 is 27.7 Å². The van der Waals surface area contributed by atoms with Gasteiger partial charge in [0, 0.05) is 7.05 Å². The standard InChI is InChI=1S/C19H20BrFN2O3/c1-12(26-17-9-8-14(21)10-15(17)20)19(25)23-16(11-18(24)22-2)13-6-4-3-5-7-13/h3-10,12,16H,11H2,1-2H3,(H,22,24)(H,23,25). The predicted octanol–water partition coefficient (Wildman–Crippen LogP) is 3.35. The Morgan fingerprint density at radius 1 is 1.19 bits per heavy atom. The molecule has 0 aliphatic heterocycles. The molecule has 2 N–H and O–H groups in total. The van der Waals surface area contributed by atoms with E-state index in [1.807, 2.05) is 30.3 Å². The summed E-state index contributed by atoms with van der Waals surface area (Å²) in [6.45, 7) is 1.59. The lowest BCUT2D eigenvalue weighted by atomic mass is 10.0. The van der Waals surface area contributed by atoms with Crippen LogP contribution in [0.3, 0.4) is 0 Å². The van der Waals surface area contributed by atoms with Crippen LogP contribution in [0, 0.1) is 5.82 Å². The zero-order chi connectivity index (χ0) is 19.1. The summed E-state index contributed by atoms with van der Waals surface area (Å²) in [5.74, 6) is -0.611. The molecule has 0 aliphatic carbocycles. The Labute approximate surface area is 160 Å². The van der Waals surface area contributed by atoms with Crippen LogP contribution in [-0.4, -0.2) is 25.0 Å². The Kier molecular flexibility index (Phi) is 7.15. The molecule has 0 saturated heterocycles. The first-order chi connectivity index (χ1) is 12.4. The number of carbonyl (C=O) groups is 2. The maximum atomic E-state index is 13.2. The molecule has 0 bridgehead atoms. The molecule has 2 rings (SSSR count). The minimum atomic E-state index is -0.826. The minimum Gasteiger partial charge on any atom is -0.480 e. The molecule has 26 heavy (non-hydrogen) atoms. The smallest absolute Gasteiger partial charge is 0.261 e. The van der Waals surface area contributed by atoms with Gasteiger partial charge in [-0.15, -0.1) is 0 Å². The van der Waals surface area contributed by atoms with Crippen molar-refractivity contribution in [2.24, 2.45) is 0 Å². The largest absolute Gasteiger partial charge is 0.480 e. The van der Waals surface area contributed by atoms with Crippen molar-refractivity contribution in [1.29, 1.82) is 0 Å². The molecule has 2 aromatic rings. The lowest BCUT2D eigenvalue weighted by molar-refractivity contribution is -0.128. The van der Waals surface area contributed by atoms with E-state index in [0.29, 0.717) is 10.2 Å². The van der Waals surface area contributed by atoms with Crippen LogP contribution in [0.2, 0.25) is 0 Å². The first-order valence-corrected chi connectivity index (χ1v) is 8.87. The summed E-state index contributed by atoms with van der Waals surface area (Å²) < 4.78 is 19.2. The number of nitrogens with one attached hydrogen (secondary N) is 2. The maximum Gasteiger partial charge on any atom is 0.261 e. The highest BCUT2D eigenvalue weighted by Crippen LogP contribution is 2.26. The monoisotopic (exact) mass is 422 g/mol. The van der Waals surface area contributed by atoms with Gasteiger partial charge in [-0.3, -0.25) is 9.59 Å². The molecule has 0 aromatic heterocycles. The molecule has 2 aromatic carbocycles. The van der Waals surface area contributed by atoms with Crippen LogP contribution in [0.4, 0.5) is 4.39 Å². The van der Waals surface area contributed by atoms with Crippen molar-refractivity contribution in [2.75, 3.05) is 7.05 Å². The van der Waals surface area contributed by atoms with E-state index < -0.39 is 18.0 Å². The third kappa shape index (κ3) is 5.56. The molecule has 2 atom stereocenters. The van der Waals surface area contributed by atoms with Crippen molar-refractivity contribution < 1.29 is 18.7 Å². The predicted molar refractivity (Wildman–Crippen MR) is 100 cm³/mol. The van der Waals surface area contributed by atoms with Crippen molar-refractivity contribution in [3.05, 3.63) is 64.4 Å². The van der Waals surface area contributed by atoms with Gasteiger partial charge in [-0.05, 0) is 46.6 Å². The van der Waals surface area contributed by atoms with Gasteiger partial charge in [0.2, 0.25) is 5.91 Å². The van der Waals surface area contributed by atoms with E-state index in [1.54, 1.807) is 14.0 Å². The first kappa shape index (κ1) is 19.9. The third-order valence-electron chi connectivity index (χ3n) is 3.75. The van der Waals surface area contributed by atoms with Gasteiger partial charge in [0.1, 0.15) is 11.6 Å². The molecule has 138 valence electrons. The molecule has 2 amide bonds. The number of amides is 2. The SMILES string of the molecule is CNC(=O)CC(NC(=O)C(C)Oc1ccc(F)cc1Br)c1ccccc1. The maximum absolute atomic E-state index is 13.2. The summed E-state index contributed by atoms with van der Waals surface area (Å²) in [6.07, 6.45) is -0.716. The summed E-state index contributed by atoms with van der Waals surface area (Å²) in [5, 5.41) is 5.39. The molecule has 0 spiro atoms. The van der Waals surface area contributed by atoms with Gasteiger partial charge in [-0.1, -0.05) is 30.3 Å². The van der Waals surface area contributed by atoms with Crippen LogP contribution in [-0.2, 0) is 9.59 Å². The Hall–Kier alpha value is -2.41. The molecule has 0 saturated carbocycles. The Bertz CT molecular complexity index is 771. The number of carbonyl (C=O) groups excluding carboxylic acids is 2. The molecule has 5 nitrogen and oxygen atoms in total. The summed E-state index contributed by atoms with van der Waals surface area (Å²) in [6, 6.07) is 12.7. The van der Waals surface area contributed by atoms with Crippen LogP contribution in [0.1, 0.15) is 24.9 Å².